The van der Waals surface area contributed by atoms with Gasteiger partial charge in [-0.2, -0.15) is 0 Å². The van der Waals surface area contributed by atoms with Gasteiger partial charge in [0.1, 0.15) is 5.82 Å². The number of aromatic nitrogens is 2. The van der Waals surface area contributed by atoms with Gasteiger partial charge in [-0.25, -0.2) is 9.97 Å². The number of carbonyl (C=O) groups excluding carboxylic acids is 1. The van der Waals surface area contributed by atoms with Gasteiger partial charge in [0.2, 0.25) is 0 Å². The van der Waals surface area contributed by atoms with E-state index in [9.17, 15) is 4.79 Å². The van der Waals surface area contributed by atoms with Crippen molar-refractivity contribution in [2.45, 2.75) is 26.7 Å². The standard InChI is InChI=1S/C14H17N3OS/c1-4-15-14(18)10-7-12(19-8-10)11-5-6-16-13(17-11)9(2)3/h5-9H,4H2,1-3H3,(H,15,18). The topological polar surface area (TPSA) is 54.9 Å². The van der Waals surface area contributed by atoms with Crippen LogP contribution in [-0.4, -0.2) is 22.4 Å². The Balaban J connectivity index is 2.27. The van der Waals surface area contributed by atoms with Gasteiger partial charge in [0.15, 0.2) is 0 Å². The Morgan fingerprint density at radius 3 is 2.95 bits per heavy atom. The molecule has 2 heterocycles. The van der Waals surface area contributed by atoms with E-state index in [0.29, 0.717) is 18.0 Å². The molecule has 0 fully saturated rings. The van der Waals surface area contributed by atoms with E-state index >= 15 is 0 Å². The maximum atomic E-state index is 11.7. The van der Waals surface area contributed by atoms with E-state index in [0.717, 1.165) is 16.4 Å². The third kappa shape index (κ3) is 3.17. The SMILES string of the molecule is CCNC(=O)c1csc(-c2ccnc(C(C)C)n2)c1. The van der Waals surface area contributed by atoms with Crippen molar-refractivity contribution in [3.8, 4) is 10.6 Å². The van der Waals surface area contributed by atoms with E-state index < -0.39 is 0 Å². The monoisotopic (exact) mass is 275 g/mol. The van der Waals surface area contributed by atoms with Crippen LogP contribution in [0.4, 0.5) is 0 Å². The lowest BCUT2D eigenvalue weighted by Gasteiger charge is -2.04. The summed E-state index contributed by atoms with van der Waals surface area (Å²) in [6.07, 6.45) is 1.77. The third-order valence-electron chi connectivity index (χ3n) is 2.64. The molecule has 4 nitrogen and oxygen atoms in total. The molecule has 0 aliphatic rings. The Hall–Kier alpha value is -1.75. The molecule has 100 valence electrons. The molecule has 0 radical (unpaired) electrons. The van der Waals surface area contributed by atoms with E-state index in [1.807, 2.05) is 24.4 Å². The lowest BCUT2D eigenvalue weighted by atomic mass is 10.2. The Morgan fingerprint density at radius 2 is 2.26 bits per heavy atom. The molecule has 1 N–H and O–H groups in total. The highest BCUT2D eigenvalue weighted by Gasteiger charge is 2.11. The van der Waals surface area contributed by atoms with Crippen LogP contribution < -0.4 is 5.32 Å². The molecule has 0 atom stereocenters. The highest BCUT2D eigenvalue weighted by molar-refractivity contribution is 7.13. The zero-order chi connectivity index (χ0) is 13.8. The van der Waals surface area contributed by atoms with Gasteiger partial charge < -0.3 is 5.32 Å². The second-order valence-electron chi connectivity index (χ2n) is 4.51. The number of carbonyl (C=O) groups is 1. The highest BCUT2D eigenvalue weighted by atomic mass is 32.1. The number of thiophene rings is 1. The number of hydrogen-bond acceptors (Lipinski definition) is 4. The van der Waals surface area contributed by atoms with Crippen LogP contribution in [0, 0.1) is 0 Å². The summed E-state index contributed by atoms with van der Waals surface area (Å²) in [5.74, 6) is 1.08. The van der Waals surface area contributed by atoms with Gasteiger partial charge in [-0.15, -0.1) is 11.3 Å². The predicted molar refractivity (Wildman–Crippen MR) is 77.4 cm³/mol. The maximum absolute atomic E-state index is 11.7. The zero-order valence-corrected chi connectivity index (χ0v) is 12.1. The summed E-state index contributed by atoms with van der Waals surface area (Å²) in [4.78, 5) is 21.5. The third-order valence-corrected chi connectivity index (χ3v) is 3.59. The summed E-state index contributed by atoms with van der Waals surface area (Å²) in [6, 6.07) is 3.75. The molecule has 0 saturated heterocycles. The van der Waals surface area contributed by atoms with E-state index in [1.165, 1.54) is 11.3 Å². The molecule has 0 aliphatic carbocycles. The number of hydrogen-bond donors (Lipinski definition) is 1. The Labute approximate surface area is 116 Å². The second-order valence-corrected chi connectivity index (χ2v) is 5.43. The minimum absolute atomic E-state index is 0.0388. The van der Waals surface area contributed by atoms with Gasteiger partial charge in [-0.1, -0.05) is 13.8 Å². The van der Waals surface area contributed by atoms with Crippen molar-refractivity contribution in [2.24, 2.45) is 0 Å². The first-order valence-corrected chi connectivity index (χ1v) is 7.19. The fourth-order valence-electron chi connectivity index (χ4n) is 1.64. The summed E-state index contributed by atoms with van der Waals surface area (Å²) >= 11 is 1.53. The highest BCUT2D eigenvalue weighted by Crippen LogP contribution is 2.26. The largest absolute Gasteiger partial charge is 0.352 e. The molecule has 5 heteroatoms. The first-order valence-electron chi connectivity index (χ1n) is 6.32. The van der Waals surface area contributed by atoms with Gasteiger partial charge in [-0.3, -0.25) is 4.79 Å². The van der Waals surface area contributed by atoms with Gasteiger partial charge in [0, 0.05) is 24.0 Å². The lowest BCUT2D eigenvalue weighted by molar-refractivity contribution is 0.0956. The van der Waals surface area contributed by atoms with Gasteiger partial charge >= 0.3 is 0 Å². The van der Waals surface area contributed by atoms with Crippen molar-refractivity contribution < 1.29 is 4.79 Å². The molecular weight excluding hydrogens is 258 g/mol. The molecular formula is C14H17N3OS. The Bertz CT molecular complexity index is 578. The number of nitrogens with one attached hydrogen (secondary N) is 1. The van der Waals surface area contributed by atoms with Crippen LogP contribution in [0.3, 0.4) is 0 Å². The summed E-state index contributed by atoms with van der Waals surface area (Å²) in [5.41, 5.74) is 1.56. The minimum atomic E-state index is -0.0388. The molecule has 1 amide bonds. The van der Waals surface area contributed by atoms with Crippen LogP contribution in [0.2, 0.25) is 0 Å². The number of amides is 1. The normalized spacial score (nSPS) is 10.7. The first-order chi connectivity index (χ1) is 9.11. The van der Waals surface area contributed by atoms with E-state index in [4.69, 9.17) is 0 Å². The van der Waals surface area contributed by atoms with Crippen molar-refractivity contribution in [3.05, 3.63) is 35.1 Å². The quantitative estimate of drug-likeness (QED) is 0.933. The number of rotatable bonds is 4. The second kappa shape index (κ2) is 5.93. The zero-order valence-electron chi connectivity index (χ0n) is 11.3. The average Bonchev–Trinajstić information content (AvgIpc) is 2.89. The van der Waals surface area contributed by atoms with E-state index in [-0.39, 0.29) is 5.91 Å². The van der Waals surface area contributed by atoms with E-state index in [2.05, 4.69) is 29.1 Å². The maximum Gasteiger partial charge on any atom is 0.252 e. The van der Waals surface area contributed by atoms with Gasteiger partial charge in [0.05, 0.1) is 16.1 Å². The van der Waals surface area contributed by atoms with Crippen molar-refractivity contribution in [3.63, 3.8) is 0 Å². The van der Waals surface area contributed by atoms with Crippen LogP contribution in [-0.2, 0) is 0 Å². The summed E-state index contributed by atoms with van der Waals surface area (Å²) in [5, 5.41) is 4.65. The minimum Gasteiger partial charge on any atom is -0.352 e. The molecule has 0 aliphatic heterocycles. The van der Waals surface area contributed by atoms with Crippen molar-refractivity contribution in [2.75, 3.05) is 6.54 Å². The molecule has 2 aromatic rings. The molecule has 0 unspecified atom stereocenters. The summed E-state index contributed by atoms with van der Waals surface area (Å²) < 4.78 is 0. The fourth-order valence-corrected chi connectivity index (χ4v) is 2.50. The predicted octanol–water partition coefficient (Wildman–Crippen LogP) is 3.08. The fraction of sp³-hybridized carbons (Fsp3) is 0.357. The Morgan fingerprint density at radius 1 is 1.47 bits per heavy atom. The lowest BCUT2D eigenvalue weighted by Crippen LogP contribution is -2.21. The van der Waals surface area contributed by atoms with Crippen LogP contribution in [0.25, 0.3) is 10.6 Å². The Kier molecular flexibility index (Phi) is 4.27. The van der Waals surface area contributed by atoms with Crippen LogP contribution in [0.5, 0.6) is 0 Å². The van der Waals surface area contributed by atoms with Gasteiger partial charge in [-0.05, 0) is 19.1 Å². The molecule has 0 spiro atoms. The van der Waals surface area contributed by atoms with Crippen LogP contribution >= 0.6 is 11.3 Å². The molecule has 0 aromatic carbocycles. The van der Waals surface area contributed by atoms with Crippen LogP contribution in [0.15, 0.2) is 23.7 Å². The molecule has 19 heavy (non-hydrogen) atoms. The van der Waals surface area contributed by atoms with Crippen molar-refractivity contribution in [1.29, 1.82) is 0 Å². The average molecular weight is 275 g/mol. The van der Waals surface area contributed by atoms with Crippen molar-refractivity contribution in [1.82, 2.24) is 15.3 Å². The molecule has 0 saturated carbocycles. The first kappa shape index (κ1) is 13.7. The van der Waals surface area contributed by atoms with Crippen molar-refractivity contribution >= 4 is 17.2 Å². The smallest absolute Gasteiger partial charge is 0.252 e. The van der Waals surface area contributed by atoms with Crippen LogP contribution in [0.1, 0.15) is 42.9 Å². The summed E-state index contributed by atoms with van der Waals surface area (Å²) in [7, 11) is 0. The van der Waals surface area contributed by atoms with Gasteiger partial charge in [0.25, 0.3) is 5.91 Å². The molecule has 2 rings (SSSR count). The summed E-state index contributed by atoms with van der Waals surface area (Å²) in [6.45, 7) is 6.67. The molecule has 0 bridgehead atoms. The number of nitrogens with zero attached hydrogens (tertiary/aromatic N) is 2. The molecule has 2 aromatic heterocycles. The van der Waals surface area contributed by atoms with E-state index in [1.54, 1.807) is 6.20 Å².